The first-order chi connectivity index (χ1) is 10.7. The Morgan fingerprint density at radius 2 is 1.91 bits per heavy atom. The van der Waals surface area contributed by atoms with Gasteiger partial charge in [-0.25, -0.2) is 0 Å². The zero-order valence-electron chi connectivity index (χ0n) is 14.9. The fourth-order valence-corrected chi connectivity index (χ4v) is 2.64. The zero-order valence-corrected chi connectivity index (χ0v) is 14.9. The summed E-state index contributed by atoms with van der Waals surface area (Å²) >= 11 is 0. The number of hydrogen-bond acceptors (Lipinski definition) is 4. The highest BCUT2D eigenvalue weighted by Crippen LogP contribution is 2.29. The van der Waals surface area contributed by atoms with Crippen LogP contribution in [0.5, 0.6) is 0 Å². The van der Waals surface area contributed by atoms with Crippen molar-refractivity contribution in [1.82, 2.24) is 0 Å². The summed E-state index contributed by atoms with van der Waals surface area (Å²) in [6.07, 6.45) is 0.216. The zero-order chi connectivity index (χ0) is 17.6. The largest absolute Gasteiger partial charge is 0.481 e. The predicted octanol–water partition coefficient (Wildman–Crippen LogP) is 3.34. The number of rotatable bonds is 9. The third-order valence-corrected chi connectivity index (χ3v) is 3.91. The topological polar surface area (TPSA) is 75.8 Å². The van der Waals surface area contributed by atoms with Crippen LogP contribution >= 0.6 is 0 Å². The van der Waals surface area contributed by atoms with Gasteiger partial charge >= 0.3 is 5.97 Å². The van der Waals surface area contributed by atoms with Crippen LogP contribution in [-0.2, 0) is 9.53 Å². The quantitative estimate of drug-likeness (QED) is 0.682. The van der Waals surface area contributed by atoms with Crippen molar-refractivity contribution in [2.45, 2.75) is 46.1 Å². The van der Waals surface area contributed by atoms with Gasteiger partial charge in [0.15, 0.2) is 0 Å². The molecule has 2 atom stereocenters. The number of benzene rings is 1. The fraction of sp³-hybridized carbons (Fsp3) is 0.611. The molecule has 0 saturated carbocycles. The maximum absolute atomic E-state index is 10.9. The van der Waals surface area contributed by atoms with Crippen molar-refractivity contribution in [3.8, 4) is 0 Å². The Balaban J connectivity index is 3.01. The summed E-state index contributed by atoms with van der Waals surface area (Å²) in [5.41, 5.74) is 8.87. The number of hydrogen-bond donors (Lipinski definition) is 2. The molecule has 0 aliphatic rings. The Kier molecular flexibility index (Phi) is 7.36. The molecule has 0 heterocycles. The second-order valence-electron chi connectivity index (χ2n) is 6.66. The van der Waals surface area contributed by atoms with E-state index in [0.717, 1.165) is 24.3 Å². The van der Waals surface area contributed by atoms with E-state index in [1.165, 1.54) is 0 Å². The number of carboxylic acid groups (broad SMARTS) is 1. The van der Waals surface area contributed by atoms with Crippen molar-refractivity contribution in [2.75, 3.05) is 30.8 Å². The smallest absolute Gasteiger partial charge is 0.303 e. The molecule has 0 aliphatic carbocycles. The molecule has 5 heteroatoms. The summed E-state index contributed by atoms with van der Waals surface area (Å²) < 4.78 is 5.38. The number of nitrogens with two attached hydrogens (primary N) is 1. The summed E-state index contributed by atoms with van der Waals surface area (Å²) in [4.78, 5) is 13.1. The van der Waals surface area contributed by atoms with Gasteiger partial charge in [0.1, 0.15) is 0 Å². The monoisotopic (exact) mass is 322 g/mol. The number of methoxy groups -OCH3 is 1. The van der Waals surface area contributed by atoms with Crippen molar-refractivity contribution < 1.29 is 14.6 Å². The number of anilines is 2. The van der Waals surface area contributed by atoms with Crippen LogP contribution in [0.15, 0.2) is 18.2 Å². The Morgan fingerprint density at radius 3 is 2.39 bits per heavy atom. The minimum absolute atomic E-state index is 0.0553. The van der Waals surface area contributed by atoms with Gasteiger partial charge in [0.2, 0.25) is 0 Å². The minimum Gasteiger partial charge on any atom is -0.481 e. The van der Waals surface area contributed by atoms with Crippen molar-refractivity contribution in [1.29, 1.82) is 0 Å². The Morgan fingerprint density at radius 1 is 1.26 bits per heavy atom. The summed E-state index contributed by atoms with van der Waals surface area (Å²) in [5, 5.41) is 8.93. The molecule has 0 spiro atoms. The molecule has 23 heavy (non-hydrogen) atoms. The molecule has 1 rings (SSSR count). The first-order valence-corrected chi connectivity index (χ1v) is 8.13. The predicted molar refractivity (Wildman–Crippen MR) is 95.0 cm³/mol. The van der Waals surface area contributed by atoms with Crippen LogP contribution < -0.4 is 10.6 Å². The Hall–Kier alpha value is -1.75. The van der Waals surface area contributed by atoms with Crippen molar-refractivity contribution in [2.24, 2.45) is 5.92 Å². The normalized spacial score (nSPS) is 13.8. The summed E-state index contributed by atoms with van der Waals surface area (Å²) in [6, 6.07) is 5.87. The molecule has 0 saturated heterocycles. The summed E-state index contributed by atoms with van der Waals surface area (Å²) in [6.45, 7) is 9.94. The number of carbonyl (C=O) groups is 1. The highest BCUT2D eigenvalue weighted by atomic mass is 16.5. The molecule has 1 aromatic carbocycles. The molecule has 1 aromatic rings. The third-order valence-electron chi connectivity index (χ3n) is 3.91. The maximum Gasteiger partial charge on any atom is 0.303 e. The standard InChI is InChI=1S/C18H30N2O3/c1-12(2)10-20(11-14(4)23-5)17-7-6-15(9-16(17)19)13(3)8-18(21)22/h6-7,9,12-14H,8,10-11,19H2,1-5H3,(H,21,22). The van der Waals surface area contributed by atoms with E-state index in [4.69, 9.17) is 15.6 Å². The number of ether oxygens (including phenoxy) is 1. The molecule has 130 valence electrons. The molecule has 0 amide bonds. The van der Waals surface area contributed by atoms with Gasteiger partial charge in [-0.2, -0.15) is 0 Å². The first kappa shape index (κ1) is 19.3. The van der Waals surface area contributed by atoms with E-state index in [0.29, 0.717) is 11.6 Å². The van der Waals surface area contributed by atoms with E-state index < -0.39 is 5.97 Å². The van der Waals surface area contributed by atoms with Crippen LogP contribution in [0.1, 0.15) is 45.6 Å². The number of nitrogens with zero attached hydrogens (tertiary/aromatic N) is 1. The van der Waals surface area contributed by atoms with E-state index in [9.17, 15) is 4.79 Å². The van der Waals surface area contributed by atoms with Crippen LogP contribution in [-0.4, -0.2) is 37.4 Å². The molecule has 0 aliphatic heterocycles. The van der Waals surface area contributed by atoms with E-state index in [1.54, 1.807) is 7.11 Å². The van der Waals surface area contributed by atoms with E-state index in [1.807, 2.05) is 32.0 Å². The lowest BCUT2D eigenvalue weighted by atomic mass is 9.96. The average Bonchev–Trinajstić information content (AvgIpc) is 2.45. The average molecular weight is 322 g/mol. The second-order valence-corrected chi connectivity index (χ2v) is 6.66. The van der Waals surface area contributed by atoms with Gasteiger partial charge in [-0.15, -0.1) is 0 Å². The lowest BCUT2D eigenvalue weighted by Gasteiger charge is -2.30. The van der Waals surface area contributed by atoms with Crippen molar-refractivity contribution in [3.63, 3.8) is 0 Å². The number of carboxylic acids is 1. The van der Waals surface area contributed by atoms with Gasteiger partial charge in [0, 0.05) is 20.2 Å². The molecule has 0 bridgehead atoms. The van der Waals surface area contributed by atoms with Gasteiger partial charge in [-0.3, -0.25) is 4.79 Å². The highest BCUT2D eigenvalue weighted by Gasteiger charge is 2.17. The maximum atomic E-state index is 10.9. The van der Waals surface area contributed by atoms with Crippen LogP contribution in [0.3, 0.4) is 0 Å². The van der Waals surface area contributed by atoms with Crippen molar-refractivity contribution >= 4 is 17.3 Å². The number of aliphatic carboxylic acids is 1. The van der Waals surface area contributed by atoms with Gasteiger partial charge < -0.3 is 20.5 Å². The van der Waals surface area contributed by atoms with Crippen LogP contribution in [0.25, 0.3) is 0 Å². The lowest BCUT2D eigenvalue weighted by Crippen LogP contribution is -2.35. The molecule has 3 N–H and O–H groups in total. The van der Waals surface area contributed by atoms with Crippen molar-refractivity contribution in [3.05, 3.63) is 23.8 Å². The molecule has 2 unspecified atom stereocenters. The van der Waals surface area contributed by atoms with Gasteiger partial charge in [-0.1, -0.05) is 26.8 Å². The van der Waals surface area contributed by atoms with E-state index >= 15 is 0 Å². The Bertz CT molecular complexity index is 517. The third kappa shape index (κ3) is 6.10. The van der Waals surface area contributed by atoms with Gasteiger partial charge in [0.05, 0.1) is 23.9 Å². The minimum atomic E-state index is -0.796. The Labute approximate surface area is 139 Å². The van der Waals surface area contributed by atoms with E-state index in [-0.39, 0.29) is 18.4 Å². The summed E-state index contributed by atoms with van der Waals surface area (Å²) in [7, 11) is 1.71. The van der Waals surface area contributed by atoms with Crippen LogP contribution in [0.2, 0.25) is 0 Å². The summed E-state index contributed by atoms with van der Waals surface area (Å²) in [5.74, 6) is -0.347. The van der Waals surface area contributed by atoms with Crippen LogP contribution in [0.4, 0.5) is 11.4 Å². The molecule has 5 nitrogen and oxygen atoms in total. The molecule has 0 fully saturated rings. The molecule has 0 radical (unpaired) electrons. The molecule has 0 aromatic heterocycles. The molecular weight excluding hydrogens is 292 g/mol. The van der Waals surface area contributed by atoms with Gasteiger partial charge in [0.25, 0.3) is 0 Å². The molecular formula is C18H30N2O3. The first-order valence-electron chi connectivity index (χ1n) is 8.13. The van der Waals surface area contributed by atoms with Gasteiger partial charge in [-0.05, 0) is 36.5 Å². The lowest BCUT2D eigenvalue weighted by molar-refractivity contribution is -0.137. The fourth-order valence-electron chi connectivity index (χ4n) is 2.64. The number of nitrogen functional groups attached to an aromatic ring is 1. The highest BCUT2D eigenvalue weighted by molar-refractivity contribution is 5.71. The van der Waals surface area contributed by atoms with Crippen LogP contribution in [0, 0.1) is 5.92 Å². The SMILES string of the molecule is COC(C)CN(CC(C)C)c1ccc(C(C)CC(=O)O)cc1N. The second kappa shape index (κ2) is 8.77. The van der Waals surface area contributed by atoms with E-state index in [2.05, 4.69) is 18.7 Å².